The summed E-state index contributed by atoms with van der Waals surface area (Å²) in [6.45, 7) is 4.20. The highest BCUT2D eigenvalue weighted by Crippen LogP contribution is 2.54. The minimum Gasteiger partial charge on any atom is -0.453 e. The Bertz CT molecular complexity index is 1710. The number of para-hydroxylation sites is 4. The van der Waals surface area contributed by atoms with Gasteiger partial charge in [0.15, 0.2) is 23.0 Å². The lowest BCUT2D eigenvalue weighted by molar-refractivity contribution is 0.445. The maximum atomic E-state index is 12.2. The molecule has 1 atom stereocenters. The maximum Gasteiger partial charge on any atom is 0.265 e. The fourth-order valence-corrected chi connectivity index (χ4v) is 6.18. The third-order valence-electron chi connectivity index (χ3n) is 7.35. The highest BCUT2D eigenvalue weighted by Gasteiger charge is 2.39. The van der Waals surface area contributed by atoms with Crippen molar-refractivity contribution in [2.45, 2.75) is 39.3 Å². The number of nitrogens with zero attached hydrogens (tertiary/aromatic N) is 2. The predicted molar refractivity (Wildman–Crippen MR) is 159 cm³/mol. The Morgan fingerprint density at radius 1 is 0.775 bits per heavy atom. The van der Waals surface area contributed by atoms with Crippen LogP contribution in [0, 0.1) is 0 Å². The molecule has 0 saturated carbocycles. The summed E-state index contributed by atoms with van der Waals surface area (Å²) in [6.07, 6.45) is 1.06. The van der Waals surface area contributed by atoms with Gasteiger partial charge in [-0.15, -0.1) is 0 Å². The van der Waals surface area contributed by atoms with E-state index in [1.54, 1.807) is 6.07 Å². The molecule has 0 radical (unpaired) electrons. The number of hydrogen-bond acceptors (Lipinski definition) is 6. The van der Waals surface area contributed by atoms with Crippen LogP contribution in [0.2, 0.25) is 5.02 Å². The fraction of sp³-hybridized carbons (Fsp3) is 0.226. The molecule has 1 unspecified atom stereocenters. The number of benzene rings is 4. The van der Waals surface area contributed by atoms with E-state index in [0.717, 1.165) is 46.8 Å². The van der Waals surface area contributed by atoms with Crippen molar-refractivity contribution in [3.8, 4) is 23.0 Å². The number of rotatable bonds is 7. The molecule has 9 heteroatoms. The van der Waals surface area contributed by atoms with E-state index in [4.69, 9.17) is 21.1 Å². The lowest BCUT2D eigenvalue weighted by atomic mass is 10.00. The first-order valence-electron chi connectivity index (χ1n) is 13.3. The van der Waals surface area contributed by atoms with Crippen molar-refractivity contribution < 1.29 is 22.4 Å². The van der Waals surface area contributed by atoms with Crippen molar-refractivity contribution in [3.05, 3.63) is 95.0 Å². The molecule has 0 amide bonds. The summed E-state index contributed by atoms with van der Waals surface area (Å²) in [6, 6.07) is 25.0. The van der Waals surface area contributed by atoms with E-state index in [9.17, 15) is 13.0 Å². The Kier molecular flexibility index (Phi) is 6.86. The average Bonchev–Trinajstić information content (AvgIpc) is 2.95. The molecule has 0 bridgehead atoms. The lowest BCUT2D eigenvalue weighted by Gasteiger charge is -2.46. The van der Waals surface area contributed by atoms with Crippen molar-refractivity contribution in [1.29, 1.82) is 0 Å². The van der Waals surface area contributed by atoms with Crippen molar-refractivity contribution >= 4 is 44.5 Å². The van der Waals surface area contributed by atoms with E-state index in [1.807, 2.05) is 60.7 Å². The molecule has 0 fully saturated rings. The van der Waals surface area contributed by atoms with Gasteiger partial charge in [-0.2, -0.15) is 8.42 Å². The summed E-state index contributed by atoms with van der Waals surface area (Å²) < 4.78 is 47.0. The predicted octanol–water partition coefficient (Wildman–Crippen LogP) is 8.26. The molecule has 206 valence electrons. The summed E-state index contributed by atoms with van der Waals surface area (Å²) in [7, 11) is -4.28. The molecule has 4 aromatic rings. The van der Waals surface area contributed by atoms with Crippen LogP contribution in [0.5, 0.6) is 23.0 Å². The topological polar surface area (TPSA) is 79.3 Å². The molecule has 6 rings (SSSR count). The van der Waals surface area contributed by atoms with Gasteiger partial charge in [-0.3, -0.25) is 4.55 Å². The van der Waals surface area contributed by atoms with Gasteiger partial charge >= 0.3 is 0 Å². The fourth-order valence-electron chi connectivity index (χ4n) is 5.51. The van der Waals surface area contributed by atoms with Crippen molar-refractivity contribution in [2.24, 2.45) is 0 Å². The largest absolute Gasteiger partial charge is 0.453 e. The van der Waals surface area contributed by atoms with Crippen LogP contribution in [0.25, 0.3) is 0 Å². The van der Waals surface area contributed by atoms with Crippen LogP contribution in [0.4, 0.5) is 22.7 Å². The first kappa shape index (κ1) is 26.5. The summed E-state index contributed by atoms with van der Waals surface area (Å²) in [4.78, 5) is 4.19. The van der Waals surface area contributed by atoms with Crippen LogP contribution in [-0.4, -0.2) is 24.9 Å². The van der Waals surface area contributed by atoms with Gasteiger partial charge in [-0.05, 0) is 72.5 Å². The molecule has 0 spiro atoms. The summed E-state index contributed by atoms with van der Waals surface area (Å²) in [5.41, 5.74) is 5.28. The Morgan fingerprint density at radius 3 is 2.05 bits per heavy atom. The quantitative estimate of drug-likeness (QED) is 0.222. The molecular weight excluding hydrogens is 548 g/mol. The standard InChI is InChI=1S/C31H29ClN2O5S/c1-3-20-17-21(4-2)31-26(18-20)34(24-10-6-8-12-28(24)39-31)30(15-16-40(35,36)37)33-23-9-5-7-11-27(23)38-29-14-13-22(32)19-25(29)33/h5-14,17-19,30H,3-4,15-16H2,1-2H3,(H,35,36,37). The van der Waals surface area contributed by atoms with Crippen LogP contribution >= 0.6 is 11.6 Å². The number of hydrogen-bond donors (Lipinski definition) is 1. The normalized spacial score (nSPS) is 14.3. The molecule has 0 saturated heterocycles. The first-order valence-corrected chi connectivity index (χ1v) is 15.3. The number of ether oxygens (including phenoxy) is 2. The highest BCUT2D eigenvalue weighted by molar-refractivity contribution is 7.85. The summed E-state index contributed by atoms with van der Waals surface area (Å²) in [5.74, 6) is 2.18. The number of anilines is 4. The number of fused-ring (bicyclic) bond motifs is 4. The van der Waals surface area contributed by atoms with E-state index in [0.29, 0.717) is 28.0 Å². The summed E-state index contributed by atoms with van der Waals surface area (Å²) >= 11 is 6.50. The molecule has 1 N–H and O–H groups in total. The Morgan fingerprint density at radius 2 is 1.40 bits per heavy atom. The second kappa shape index (κ2) is 10.4. The molecule has 4 aromatic carbocycles. The SMILES string of the molecule is CCc1cc(CC)c2c(c1)N(C(CCS(=O)(=O)O)N1c3ccccc3Oc3ccc(Cl)cc31)c1ccccc1O2. The van der Waals surface area contributed by atoms with E-state index < -0.39 is 22.0 Å². The minimum atomic E-state index is -4.28. The van der Waals surface area contributed by atoms with E-state index >= 15 is 0 Å². The Hall–Kier alpha value is -3.72. The van der Waals surface area contributed by atoms with E-state index in [1.165, 1.54) is 0 Å². The average molecular weight is 577 g/mol. The van der Waals surface area contributed by atoms with Crippen molar-refractivity contribution in [2.75, 3.05) is 15.6 Å². The van der Waals surface area contributed by atoms with Gasteiger partial charge in [-0.1, -0.05) is 55.8 Å². The zero-order valence-corrected chi connectivity index (χ0v) is 23.7. The maximum absolute atomic E-state index is 12.2. The lowest BCUT2D eigenvalue weighted by Crippen LogP contribution is -2.47. The van der Waals surface area contributed by atoms with Crippen LogP contribution < -0.4 is 19.3 Å². The van der Waals surface area contributed by atoms with Gasteiger partial charge in [0, 0.05) is 11.4 Å². The number of halogens is 1. The zero-order valence-electron chi connectivity index (χ0n) is 22.2. The van der Waals surface area contributed by atoms with Gasteiger partial charge in [-0.25, -0.2) is 0 Å². The van der Waals surface area contributed by atoms with Gasteiger partial charge in [0.05, 0.1) is 28.5 Å². The van der Waals surface area contributed by atoms with Crippen LogP contribution in [0.15, 0.2) is 78.9 Å². The van der Waals surface area contributed by atoms with Crippen LogP contribution in [-0.2, 0) is 23.0 Å². The second-order valence-electron chi connectivity index (χ2n) is 9.86. The second-order valence-corrected chi connectivity index (χ2v) is 11.9. The molecule has 7 nitrogen and oxygen atoms in total. The molecular formula is C31H29ClN2O5S. The third kappa shape index (κ3) is 4.76. The monoisotopic (exact) mass is 576 g/mol. The van der Waals surface area contributed by atoms with Crippen molar-refractivity contribution in [3.63, 3.8) is 0 Å². The Labute approximate surface area is 239 Å². The van der Waals surface area contributed by atoms with Crippen LogP contribution in [0.3, 0.4) is 0 Å². The van der Waals surface area contributed by atoms with Crippen LogP contribution in [0.1, 0.15) is 31.4 Å². The zero-order chi connectivity index (χ0) is 28.0. The van der Waals surface area contributed by atoms with Gasteiger partial charge < -0.3 is 19.3 Å². The molecule has 40 heavy (non-hydrogen) atoms. The van der Waals surface area contributed by atoms with E-state index in [2.05, 4.69) is 35.8 Å². The third-order valence-corrected chi connectivity index (χ3v) is 8.33. The molecule has 2 aliphatic heterocycles. The first-order chi connectivity index (χ1) is 19.3. The summed E-state index contributed by atoms with van der Waals surface area (Å²) in [5, 5.41) is 0.518. The molecule has 2 aliphatic rings. The van der Waals surface area contributed by atoms with E-state index in [-0.39, 0.29) is 6.42 Å². The molecule has 2 heterocycles. The Balaban J connectivity index is 1.64. The van der Waals surface area contributed by atoms with Crippen molar-refractivity contribution in [1.82, 2.24) is 0 Å². The van der Waals surface area contributed by atoms with Gasteiger partial charge in [0.2, 0.25) is 0 Å². The molecule has 0 aromatic heterocycles. The number of aryl methyl sites for hydroxylation is 2. The van der Waals surface area contributed by atoms with Gasteiger partial charge in [0.1, 0.15) is 6.17 Å². The van der Waals surface area contributed by atoms with Gasteiger partial charge in [0.25, 0.3) is 10.1 Å². The minimum absolute atomic E-state index is 0.0741. The molecule has 0 aliphatic carbocycles. The smallest absolute Gasteiger partial charge is 0.265 e. The highest BCUT2D eigenvalue weighted by atomic mass is 35.5.